The Morgan fingerprint density at radius 2 is 2.20 bits per heavy atom. The molecule has 0 bridgehead atoms. The minimum absolute atomic E-state index is 0.269. The van der Waals surface area contributed by atoms with Crippen molar-refractivity contribution in [2.45, 2.75) is 39.5 Å². The predicted octanol–water partition coefficient (Wildman–Crippen LogP) is 3.08. The number of anilines is 2. The molecule has 0 saturated heterocycles. The second-order valence-corrected chi connectivity index (χ2v) is 4.92. The van der Waals surface area contributed by atoms with Gasteiger partial charge >= 0.3 is 5.97 Å². The van der Waals surface area contributed by atoms with Crippen LogP contribution in [0.1, 0.15) is 50.0 Å². The summed E-state index contributed by atoms with van der Waals surface area (Å²) >= 11 is 0. The van der Waals surface area contributed by atoms with Gasteiger partial charge in [-0.05, 0) is 24.5 Å². The molecule has 0 amide bonds. The highest BCUT2D eigenvalue weighted by Crippen LogP contribution is 2.19. The van der Waals surface area contributed by atoms with Crippen LogP contribution in [0.4, 0.5) is 11.5 Å². The zero-order valence-electron chi connectivity index (χ0n) is 12.6. The maximum atomic E-state index is 11.5. The average Bonchev–Trinajstić information content (AvgIpc) is 2.48. The number of nitrogens with one attached hydrogen (secondary N) is 1. The minimum Gasteiger partial charge on any atom is -0.464 e. The average molecular weight is 279 g/mol. The van der Waals surface area contributed by atoms with Gasteiger partial charge in [0, 0.05) is 6.54 Å². The van der Waals surface area contributed by atoms with Crippen molar-refractivity contribution < 1.29 is 9.53 Å². The van der Waals surface area contributed by atoms with E-state index >= 15 is 0 Å². The van der Waals surface area contributed by atoms with E-state index < -0.39 is 5.97 Å². The largest absolute Gasteiger partial charge is 0.464 e. The number of methoxy groups -OCH3 is 1. The van der Waals surface area contributed by atoms with Crippen molar-refractivity contribution in [3.63, 3.8) is 0 Å². The first-order chi connectivity index (χ1) is 9.62. The van der Waals surface area contributed by atoms with E-state index in [4.69, 9.17) is 5.73 Å². The van der Waals surface area contributed by atoms with Gasteiger partial charge in [-0.1, -0.05) is 33.1 Å². The van der Waals surface area contributed by atoms with Gasteiger partial charge in [-0.3, -0.25) is 0 Å². The van der Waals surface area contributed by atoms with Crippen molar-refractivity contribution in [2.24, 2.45) is 5.92 Å². The molecule has 0 spiro atoms. The normalized spacial score (nSPS) is 11.9. The number of hydrogen-bond acceptors (Lipinski definition) is 5. The van der Waals surface area contributed by atoms with Crippen molar-refractivity contribution in [3.8, 4) is 0 Å². The van der Waals surface area contributed by atoms with Gasteiger partial charge in [-0.2, -0.15) is 0 Å². The van der Waals surface area contributed by atoms with E-state index in [0.29, 0.717) is 17.4 Å². The highest BCUT2D eigenvalue weighted by Gasteiger charge is 2.12. The third-order valence-electron chi connectivity index (χ3n) is 3.42. The molecular weight excluding hydrogens is 254 g/mol. The van der Waals surface area contributed by atoms with Crippen molar-refractivity contribution in [1.82, 2.24) is 4.98 Å². The first-order valence-corrected chi connectivity index (χ1v) is 7.21. The van der Waals surface area contributed by atoms with Crippen LogP contribution in [-0.4, -0.2) is 24.6 Å². The Bertz CT molecular complexity index is 435. The van der Waals surface area contributed by atoms with Gasteiger partial charge in [0.1, 0.15) is 5.82 Å². The summed E-state index contributed by atoms with van der Waals surface area (Å²) in [5.74, 6) is 0.701. The van der Waals surface area contributed by atoms with Gasteiger partial charge in [-0.25, -0.2) is 9.78 Å². The van der Waals surface area contributed by atoms with Crippen molar-refractivity contribution in [2.75, 3.05) is 24.7 Å². The molecule has 0 aromatic carbocycles. The second kappa shape index (κ2) is 8.40. The number of esters is 1. The molecule has 0 aliphatic rings. The fraction of sp³-hybridized carbons (Fsp3) is 0.600. The molecule has 0 saturated carbocycles. The molecule has 1 aromatic heterocycles. The van der Waals surface area contributed by atoms with Crippen LogP contribution < -0.4 is 11.1 Å². The second-order valence-electron chi connectivity index (χ2n) is 4.92. The van der Waals surface area contributed by atoms with Crippen LogP contribution in [0.2, 0.25) is 0 Å². The fourth-order valence-corrected chi connectivity index (χ4v) is 2.01. The van der Waals surface area contributed by atoms with E-state index in [1.807, 2.05) is 0 Å². The van der Waals surface area contributed by atoms with Gasteiger partial charge in [-0.15, -0.1) is 0 Å². The SMILES string of the molecule is CCCCC(CC)CNc1nc(C(=O)OC)ccc1N. The fourth-order valence-electron chi connectivity index (χ4n) is 2.01. The minimum atomic E-state index is -0.453. The molecule has 1 rings (SSSR count). The van der Waals surface area contributed by atoms with Gasteiger partial charge in [0.05, 0.1) is 12.8 Å². The van der Waals surface area contributed by atoms with Gasteiger partial charge in [0.25, 0.3) is 0 Å². The number of hydrogen-bond donors (Lipinski definition) is 2. The smallest absolute Gasteiger partial charge is 0.356 e. The van der Waals surface area contributed by atoms with Crippen molar-refractivity contribution in [3.05, 3.63) is 17.8 Å². The van der Waals surface area contributed by atoms with E-state index in [9.17, 15) is 4.79 Å². The Labute approximate surface area is 120 Å². The standard InChI is InChI=1S/C15H25N3O2/c1-4-6-7-11(5-2)10-17-14-12(16)8-9-13(18-14)15(19)20-3/h8-9,11H,4-7,10,16H2,1-3H3,(H,17,18). The Hall–Kier alpha value is -1.78. The monoisotopic (exact) mass is 279 g/mol. The van der Waals surface area contributed by atoms with E-state index in [0.717, 1.165) is 13.0 Å². The Balaban J connectivity index is 2.68. The number of unbranched alkanes of at least 4 members (excludes halogenated alkanes) is 1. The summed E-state index contributed by atoms with van der Waals surface area (Å²) in [4.78, 5) is 15.7. The molecule has 1 unspecified atom stereocenters. The lowest BCUT2D eigenvalue weighted by molar-refractivity contribution is 0.0594. The highest BCUT2D eigenvalue weighted by atomic mass is 16.5. The molecule has 5 nitrogen and oxygen atoms in total. The molecule has 20 heavy (non-hydrogen) atoms. The quantitative estimate of drug-likeness (QED) is 0.715. The van der Waals surface area contributed by atoms with Crippen LogP contribution in [0, 0.1) is 5.92 Å². The molecular formula is C15H25N3O2. The Morgan fingerprint density at radius 1 is 1.45 bits per heavy atom. The number of nitrogen functional groups attached to an aromatic ring is 1. The summed E-state index contributed by atoms with van der Waals surface area (Å²) in [6.45, 7) is 5.20. The molecule has 5 heteroatoms. The van der Waals surface area contributed by atoms with Crippen molar-refractivity contribution >= 4 is 17.5 Å². The third kappa shape index (κ3) is 4.72. The molecule has 0 fully saturated rings. The van der Waals surface area contributed by atoms with E-state index in [1.54, 1.807) is 12.1 Å². The number of aromatic nitrogens is 1. The lowest BCUT2D eigenvalue weighted by Gasteiger charge is -2.16. The van der Waals surface area contributed by atoms with E-state index in [1.165, 1.54) is 26.4 Å². The van der Waals surface area contributed by atoms with Crippen LogP contribution in [-0.2, 0) is 4.74 Å². The molecule has 112 valence electrons. The number of ether oxygens (including phenoxy) is 1. The van der Waals surface area contributed by atoms with Gasteiger partial charge in [0.15, 0.2) is 5.69 Å². The zero-order valence-corrected chi connectivity index (χ0v) is 12.6. The number of carbonyl (C=O) groups is 1. The Morgan fingerprint density at radius 3 is 2.80 bits per heavy atom. The molecule has 0 aliphatic carbocycles. The molecule has 1 atom stereocenters. The molecule has 1 aromatic rings. The summed E-state index contributed by atoms with van der Waals surface area (Å²) in [5, 5.41) is 3.25. The van der Waals surface area contributed by atoms with Crippen LogP contribution in [0.15, 0.2) is 12.1 Å². The molecule has 0 aliphatic heterocycles. The summed E-state index contributed by atoms with van der Waals surface area (Å²) in [7, 11) is 1.34. The molecule has 0 radical (unpaired) electrons. The maximum absolute atomic E-state index is 11.5. The van der Waals surface area contributed by atoms with Gasteiger partial charge < -0.3 is 15.8 Å². The van der Waals surface area contributed by atoms with Gasteiger partial charge in [0.2, 0.25) is 0 Å². The van der Waals surface area contributed by atoms with E-state index in [2.05, 4.69) is 28.9 Å². The lowest BCUT2D eigenvalue weighted by atomic mass is 9.99. The van der Waals surface area contributed by atoms with Crippen molar-refractivity contribution in [1.29, 1.82) is 0 Å². The molecule has 1 heterocycles. The highest BCUT2D eigenvalue weighted by molar-refractivity contribution is 5.88. The topological polar surface area (TPSA) is 77.2 Å². The number of carbonyl (C=O) groups excluding carboxylic acids is 1. The number of nitrogens with two attached hydrogens (primary N) is 1. The third-order valence-corrected chi connectivity index (χ3v) is 3.42. The molecule has 3 N–H and O–H groups in total. The summed E-state index contributed by atoms with van der Waals surface area (Å²) in [5.41, 5.74) is 6.70. The predicted molar refractivity (Wildman–Crippen MR) is 81.8 cm³/mol. The van der Waals surface area contributed by atoms with Crippen LogP contribution in [0.5, 0.6) is 0 Å². The number of rotatable bonds is 8. The first kappa shape index (κ1) is 16.3. The van der Waals surface area contributed by atoms with Crippen LogP contribution in [0.3, 0.4) is 0 Å². The van der Waals surface area contributed by atoms with Crippen LogP contribution in [0.25, 0.3) is 0 Å². The summed E-state index contributed by atoms with van der Waals surface area (Å²) in [6.07, 6.45) is 4.74. The first-order valence-electron chi connectivity index (χ1n) is 7.21. The lowest BCUT2D eigenvalue weighted by Crippen LogP contribution is -2.16. The maximum Gasteiger partial charge on any atom is 0.356 e. The number of pyridine rings is 1. The Kier molecular flexibility index (Phi) is 6.84. The zero-order chi connectivity index (χ0) is 15.0. The summed E-state index contributed by atoms with van der Waals surface area (Å²) in [6, 6.07) is 3.25. The summed E-state index contributed by atoms with van der Waals surface area (Å²) < 4.78 is 4.66. The number of nitrogens with zero attached hydrogens (tertiary/aromatic N) is 1. The van der Waals surface area contributed by atoms with E-state index in [-0.39, 0.29) is 5.69 Å². The van der Waals surface area contributed by atoms with Crippen LogP contribution >= 0.6 is 0 Å².